The third kappa shape index (κ3) is 4.52. The highest BCUT2D eigenvalue weighted by Crippen LogP contribution is 2.14. The molecule has 0 atom stereocenters. The Balaban J connectivity index is 1.85. The van der Waals surface area contributed by atoms with Gasteiger partial charge in [0.1, 0.15) is 0 Å². The number of fused-ring (bicyclic) bond motifs is 1. The number of benzene rings is 2. The Morgan fingerprint density at radius 1 is 1.21 bits per heavy atom. The van der Waals surface area contributed by atoms with Gasteiger partial charge >= 0.3 is 0 Å². The predicted molar refractivity (Wildman–Crippen MR) is 109 cm³/mol. The third-order valence-corrected chi connectivity index (χ3v) is 4.29. The van der Waals surface area contributed by atoms with E-state index in [4.69, 9.17) is 0 Å². The van der Waals surface area contributed by atoms with Crippen LogP contribution in [0.3, 0.4) is 0 Å². The second kappa shape index (κ2) is 8.87. The minimum Gasteiger partial charge on any atom is -0.267 e. The van der Waals surface area contributed by atoms with Crippen LogP contribution in [-0.2, 0) is 6.54 Å². The number of carbonyl (C=O) groups is 1. The van der Waals surface area contributed by atoms with E-state index in [2.05, 4.69) is 15.6 Å². The largest absolute Gasteiger partial charge is 0.292 e. The summed E-state index contributed by atoms with van der Waals surface area (Å²) in [5.41, 5.74) is 2.82. The van der Waals surface area contributed by atoms with E-state index in [1.807, 2.05) is 6.92 Å². The van der Waals surface area contributed by atoms with Crippen LogP contribution in [0.25, 0.3) is 10.8 Å². The number of nitro benzene ring substituents is 1. The molecule has 1 amide bonds. The lowest BCUT2D eigenvalue weighted by Gasteiger charge is -2.09. The quantitative estimate of drug-likeness (QED) is 0.376. The number of carbonyl (C=O) groups excluding carboxylic acids is 1. The average Bonchev–Trinajstić information content (AvgIpc) is 2.73. The van der Waals surface area contributed by atoms with Crippen LogP contribution in [0.5, 0.6) is 0 Å². The number of aryl methyl sites for hydroxylation is 1. The highest BCUT2D eigenvalue weighted by Gasteiger charge is 2.16. The van der Waals surface area contributed by atoms with E-state index >= 15 is 0 Å². The number of hydrogen-bond donors (Lipinski definition) is 1. The molecule has 148 valence electrons. The van der Waals surface area contributed by atoms with Crippen LogP contribution in [0.15, 0.2) is 58.4 Å². The molecule has 0 bridgehead atoms. The van der Waals surface area contributed by atoms with Gasteiger partial charge in [-0.05, 0) is 30.2 Å². The van der Waals surface area contributed by atoms with Crippen molar-refractivity contribution in [3.05, 3.63) is 80.3 Å². The summed E-state index contributed by atoms with van der Waals surface area (Å²) in [5, 5.41) is 19.7. The van der Waals surface area contributed by atoms with E-state index in [0.717, 1.165) is 12.8 Å². The molecule has 3 rings (SSSR count). The third-order valence-electron chi connectivity index (χ3n) is 4.29. The van der Waals surface area contributed by atoms with Crippen molar-refractivity contribution in [2.45, 2.75) is 26.3 Å². The highest BCUT2D eigenvalue weighted by atomic mass is 16.6. The molecular formula is C20H19N5O4. The van der Waals surface area contributed by atoms with E-state index in [9.17, 15) is 19.7 Å². The van der Waals surface area contributed by atoms with Gasteiger partial charge in [-0.15, -0.1) is 0 Å². The maximum atomic E-state index is 12.6. The monoisotopic (exact) mass is 393 g/mol. The number of rotatable bonds is 7. The number of nitrogens with one attached hydrogen (secondary N) is 1. The van der Waals surface area contributed by atoms with Gasteiger partial charge in [0, 0.05) is 24.1 Å². The van der Waals surface area contributed by atoms with Crippen LogP contribution in [0.4, 0.5) is 5.69 Å². The second-order valence-electron chi connectivity index (χ2n) is 6.32. The van der Waals surface area contributed by atoms with Crippen molar-refractivity contribution >= 4 is 28.6 Å². The normalized spacial score (nSPS) is 11.1. The van der Waals surface area contributed by atoms with Crippen LogP contribution >= 0.6 is 0 Å². The lowest BCUT2D eigenvalue weighted by Crippen LogP contribution is -2.29. The molecule has 0 radical (unpaired) electrons. The Hall–Kier alpha value is -3.88. The van der Waals surface area contributed by atoms with Crippen molar-refractivity contribution in [1.82, 2.24) is 15.2 Å². The van der Waals surface area contributed by atoms with E-state index in [1.165, 1.54) is 35.2 Å². The Bertz CT molecular complexity index is 1140. The summed E-state index contributed by atoms with van der Waals surface area (Å²) in [4.78, 5) is 35.4. The van der Waals surface area contributed by atoms with Crippen LogP contribution in [0.2, 0.25) is 0 Å². The number of non-ortho nitro benzene ring substituents is 1. The molecule has 0 aliphatic carbocycles. The minimum atomic E-state index is -0.551. The second-order valence-corrected chi connectivity index (χ2v) is 6.32. The van der Waals surface area contributed by atoms with Gasteiger partial charge < -0.3 is 0 Å². The first-order chi connectivity index (χ1) is 14.0. The fraction of sp³-hybridized carbons (Fsp3) is 0.200. The number of aromatic nitrogens is 2. The van der Waals surface area contributed by atoms with E-state index < -0.39 is 10.8 Å². The minimum absolute atomic E-state index is 0.0313. The maximum Gasteiger partial charge on any atom is 0.292 e. The van der Waals surface area contributed by atoms with Crippen molar-refractivity contribution in [3.8, 4) is 0 Å². The fourth-order valence-electron chi connectivity index (χ4n) is 2.76. The van der Waals surface area contributed by atoms with Gasteiger partial charge in [-0.25, -0.2) is 10.1 Å². The van der Waals surface area contributed by atoms with Crippen molar-refractivity contribution in [2.75, 3.05) is 0 Å². The standard InChI is InChI=1S/C20H19N5O4/c1-2-3-12-24-20(27)17-7-5-4-6-16(17)18(23-24)19(26)22-21-13-14-8-10-15(11-9-14)25(28)29/h4-11,13H,2-3,12H2,1H3,(H,22,26)/b21-13+. The average molecular weight is 393 g/mol. The van der Waals surface area contributed by atoms with Crippen LogP contribution in [0.1, 0.15) is 35.8 Å². The lowest BCUT2D eigenvalue weighted by atomic mass is 10.1. The van der Waals surface area contributed by atoms with E-state index in [0.29, 0.717) is 22.9 Å². The van der Waals surface area contributed by atoms with E-state index in [-0.39, 0.29) is 16.9 Å². The topological polar surface area (TPSA) is 119 Å². The summed E-state index contributed by atoms with van der Waals surface area (Å²) in [7, 11) is 0. The van der Waals surface area contributed by atoms with Gasteiger partial charge in [-0.1, -0.05) is 31.5 Å². The van der Waals surface area contributed by atoms with Crippen LogP contribution < -0.4 is 11.0 Å². The molecule has 9 heteroatoms. The van der Waals surface area contributed by atoms with E-state index in [1.54, 1.807) is 24.3 Å². The molecule has 0 unspecified atom stereocenters. The summed E-state index contributed by atoms with van der Waals surface area (Å²) in [6, 6.07) is 12.5. The molecule has 0 saturated carbocycles. The summed E-state index contributed by atoms with van der Waals surface area (Å²) in [6.07, 6.45) is 3.03. The summed E-state index contributed by atoms with van der Waals surface area (Å²) in [6.45, 7) is 2.43. The summed E-state index contributed by atoms with van der Waals surface area (Å²) >= 11 is 0. The van der Waals surface area contributed by atoms with Crippen molar-refractivity contribution in [3.63, 3.8) is 0 Å². The molecule has 9 nitrogen and oxygen atoms in total. The Morgan fingerprint density at radius 3 is 2.55 bits per heavy atom. The number of hydrazone groups is 1. The molecule has 0 spiro atoms. The molecule has 1 aromatic heterocycles. The van der Waals surface area contributed by atoms with Crippen molar-refractivity contribution in [2.24, 2.45) is 5.10 Å². The van der Waals surface area contributed by atoms with Crippen molar-refractivity contribution in [1.29, 1.82) is 0 Å². The Kier molecular flexibility index (Phi) is 6.08. The predicted octanol–water partition coefficient (Wildman–Crippen LogP) is 2.87. The first-order valence-electron chi connectivity index (χ1n) is 9.09. The van der Waals surface area contributed by atoms with Gasteiger partial charge in [0.25, 0.3) is 17.2 Å². The number of nitrogens with zero attached hydrogens (tertiary/aromatic N) is 4. The maximum absolute atomic E-state index is 12.6. The fourth-order valence-corrected chi connectivity index (χ4v) is 2.76. The zero-order chi connectivity index (χ0) is 20.8. The SMILES string of the molecule is CCCCn1nc(C(=O)N/N=C/c2ccc([N+](=O)[O-])cc2)c2ccccc2c1=O. The molecule has 1 heterocycles. The molecule has 0 aliphatic rings. The van der Waals surface area contributed by atoms with Crippen LogP contribution in [0, 0.1) is 10.1 Å². The zero-order valence-electron chi connectivity index (χ0n) is 15.7. The Morgan fingerprint density at radius 2 is 1.90 bits per heavy atom. The number of unbranched alkanes of at least 4 members (excludes halogenated alkanes) is 1. The smallest absolute Gasteiger partial charge is 0.267 e. The summed E-state index contributed by atoms with van der Waals surface area (Å²) in [5.74, 6) is -0.551. The molecular weight excluding hydrogens is 374 g/mol. The lowest BCUT2D eigenvalue weighted by molar-refractivity contribution is -0.384. The number of hydrogen-bond acceptors (Lipinski definition) is 6. The number of amides is 1. The zero-order valence-corrected chi connectivity index (χ0v) is 15.7. The molecule has 29 heavy (non-hydrogen) atoms. The molecule has 1 N–H and O–H groups in total. The van der Waals surface area contributed by atoms with Crippen LogP contribution in [-0.4, -0.2) is 26.8 Å². The number of nitro groups is 1. The summed E-state index contributed by atoms with van der Waals surface area (Å²) < 4.78 is 1.31. The molecule has 0 aliphatic heterocycles. The highest BCUT2D eigenvalue weighted by molar-refractivity contribution is 6.04. The van der Waals surface area contributed by atoms with Gasteiger partial charge in [-0.2, -0.15) is 10.2 Å². The first kappa shape index (κ1) is 19.9. The molecule has 3 aromatic rings. The van der Waals surface area contributed by atoms with Crippen molar-refractivity contribution < 1.29 is 9.72 Å². The Labute approximate surface area is 165 Å². The molecule has 0 fully saturated rings. The molecule has 2 aromatic carbocycles. The van der Waals surface area contributed by atoms with Gasteiger partial charge in [0.15, 0.2) is 5.69 Å². The first-order valence-corrected chi connectivity index (χ1v) is 9.09. The van der Waals surface area contributed by atoms with Gasteiger partial charge in [0.05, 0.1) is 16.5 Å². The van der Waals surface area contributed by atoms with Gasteiger partial charge in [-0.3, -0.25) is 19.7 Å². The molecule has 0 saturated heterocycles. The van der Waals surface area contributed by atoms with Gasteiger partial charge in [0.2, 0.25) is 0 Å².